The summed E-state index contributed by atoms with van der Waals surface area (Å²) < 4.78 is 0. The molecule has 2 atom stereocenters. The van der Waals surface area contributed by atoms with Gasteiger partial charge in [0.1, 0.15) is 0 Å². The van der Waals surface area contributed by atoms with Gasteiger partial charge in [0.25, 0.3) is 5.91 Å². The Labute approximate surface area is 200 Å². The van der Waals surface area contributed by atoms with Crippen LogP contribution < -0.4 is 10.2 Å². The van der Waals surface area contributed by atoms with E-state index in [0.717, 1.165) is 23.4 Å². The van der Waals surface area contributed by atoms with Crippen molar-refractivity contribution in [1.82, 2.24) is 5.32 Å². The molecule has 0 aromatic heterocycles. The number of carbonyl (C=O) groups is 2. The van der Waals surface area contributed by atoms with Crippen molar-refractivity contribution in [1.29, 1.82) is 0 Å². The molecular weight excluding hydrogens is 424 g/mol. The monoisotopic (exact) mass is 456 g/mol. The summed E-state index contributed by atoms with van der Waals surface area (Å²) in [6.45, 7) is 2.25. The maximum absolute atomic E-state index is 13.3. The van der Waals surface area contributed by atoms with Crippen molar-refractivity contribution < 1.29 is 9.59 Å². The average molecular weight is 457 g/mol. The Morgan fingerprint density at radius 3 is 2.00 bits per heavy atom. The molecule has 5 aliphatic rings. The van der Waals surface area contributed by atoms with Gasteiger partial charge in [0.2, 0.25) is 5.91 Å². The summed E-state index contributed by atoms with van der Waals surface area (Å²) in [5.41, 5.74) is 2.35. The van der Waals surface area contributed by atoms with Crippen molar-refractivity contribution in [3.63, 3.8) is 0 Å². The molecule has 6 heteroatoms. The summed E-state index contributed by atoms with van der Waals surface area (Å²) in [7, 11) is 0. The fourth-order valence-corrected chi connectivity index (χ4v) is 7.50. The lowest BCUT2D eigenvalue weighted by molar-refractivity contribution is -0.122. The van der Waals surface area contributed by atoms with Crippen LogP contribution in [0.5, 0.6) is 0 Å². The highest BCUT2D eigenvalue weighted by molar-refractivity contribution is 6.22. The van der Waals surface area contributed by atoms with Crippen LogP contribution in [0.15, 0.2) is 64.8 Å². The molecule has 2 amide bonds. The Bertz CT molecular complexity index is 1080. The van der Waals surface area contributed by atoms with Gasteiger partial charge in [-0.2, -0.15) is 10.2 Å². The molecule has 6 nitrogen and oxygen atoms in total. The lowest BCUT2D eigenvalue weighted by Gasteiger charge is -2.59. The van der Waals surface area contributed by atoms with Crippen molar-refractivity contribution >= 4 is 28.9 Å². The molecule has 1 heterocycles. The Morgan fingerprint density at radius 1 is 0.853 bits per heavy atom. The SMILES string of the molecule is C[C@H](N[C@@H]1CC(=O)N(c2ccc(N=Nc3ccccc3)cc2)C1=O)C12CC3CC(CC(C3)C1)C2. The number of amides is 2. The zero-order chi connectivity index (χ0) is 23.3. The van der Waals surface area contributed by atoms with E-state index in [0.29, 0.717) is 16.8 Å². The number of hydrogen-bond donors (Lipinski definition) is 1. The first-order valence-electron chi connectivity index (χ1n) is 12.7. The fourth-order valence-electron chi connectivity index (χ4n) is 7.50. The molecule has 0 radical (unpaired) electrons. The summed E-state index contributed by atoms with van der Waals surface area (Å²) in [4.78, 5) is 27.5. The van der Waals surface area contributed by atoms with E-state index >= 15 is 0 Å². The van der Waals surface area contributed by atoms with Crippen molar-refractivity contribution in [2.24, 2.45) is 33.4 Å². The van der Waals surface area contributed by atoms with Crippen molar-refractivity contribution in [2.45, 2.75) is 64.0 Å². The molecule has 1 N–H and O–H groups in total. The van der Waals surface area contributed by atoms with Gasteiger partial charge < -0.3 is 5.32 Å². The summed E-state index contributed by atoms with van der Waals surface area (Å²) in [5, 5.41) is 12.1. The van der Waals surface area contributed by atoms with Gasteiger partial charge in [-0.05, 0) is 105 Å². The molecule has 1 aliphatic heterocycles. The number of imide groups is 1. The molecule has 2 aromatic carbocycles. The number of anilines is 1. The summed E-state index contributed by atoms with van der Waals surface area (Å²) in [6.07, 6.45) is 8.29. The third kappa shape index (κ3) is 3.88. The summed E-state index contributed by atoms with van der Waals surface area (Å²) in [6, 6.07) is 16.5. The standard InChI is InChI=1S/C28H32N4O2/c1-18(28-15-19-11-20(16-28)13-21(12-19)17-28)29-25-14-26(33)32(27(25)34)24-9-7-23(8-10-24)31-30-22-5-3-2-4-6-22/h2-10,18-21,25,29H,11-17H2,1H3/t18-,19?,20?,21?,25+,28?/m0/s1. The molecular formula is C28H32N4O2. The number of rotatable bonds is 6. The minimum absolute atomic E-state index is 0.139. The van der Waals surface area contributed by atoms with Crippen LogP contribution in [0.2, 0.25) is 0 Å². The van der Waals surface area contributed by atoms with Gasteiger partial charge in [-0.1, -0.05) is 18.2 Å². The predicted molar refractivity (Wildman–Crippen MR) is 131 cm³/mol. The Kier molecular flexibility index (Phi) is 5.36. The first-order valence-corrected chi connectivity index (χ1v) is 12.7. The van der Waals surface area contributed by atoms with Gasteiger partial charge in [-0.25, -0.2) is 4.90 Å². The van der Waals surface area contributed by atoms with Gasteiger partial charge >= 0.3 is 0 Å². The normalized spacial score (nSPS) is 33.3. The lowest BCUT2D eigenvalue weighted by atomic mass is 9.48. The highest BCUT2D eigenvalue weighted by Gasteiger charge is 2.54. The van der Waals surface area contributed by atoms with Crippen molar-refractivity contribution in [2.75, 3.05) is 4.90 Å². The van der Waals surface area contributed by atoms with Gasteiger partial charge in [-0.3, -0.25) is 9.59 Å². The van der Waals surface area contributed by atoms with Crippen LogP contribution in [0.1, 0.15) is 51.9 Å². The quantitative estimate of drug-likeness (QED) is 0.432. The molecule has 4 saturated carbocycles. The van der Waals surface area contributed by atoms with Crippen molar-refractivity contribution in [3.8, 4) is 0 Å². The molecule has 34 heavy (non-hydrogen) atoms. The number of nitrogens with one attached hydrogen (secondary N) is 1. The van der Waals surface area contributed by atoms with Gasteiger partial charge in [0.15, 0.2) is 0 Å². The summed E-state index contributed by atoms with van der Waals surface area (Å²) in [5.74, 6) is 2.32. The molecule has 176 valence electrons. The van der Waals surface area contributed by atoms with Crippen molar-refractivity contribution in [3.05, 3.63) is 54.6 Å². The lowest BCUT2D eigenvalue weighted by Crippen LogP contribution is -2.57. The van der Waals surface area contributed by atoms with Crippen LogP contribution in [-0.4, -0.2) is 23.9 Å². The predicted octanol–water partition coefficient (Wildman–Crippen LogP) is 5.93. The van der Waals surface area contributed by atoms with Crippen LogP contribution in [0.25, 0.3) is 0 Å². The molecule has 4 aliphatic carbocycles. The van der Waals surface area contributed by atoms with Gasteiger partial charge in [-0.15, -0.1) is 0 Å². The zero-order valence-electron chi connectivity index (χ0n) is 19.7. The second-order valence-corrected chi connectivity index (χ2v) is 11.0. The highest BCUT2D eigenvalue weighted by Crippen LogP contribution is 2.61. The highest BCUT2D eigenvalue weighted by atomic mass is 16.2. The molecule has 0 spiro atoms. The van der Waals surface area contributed by atoms with E-state index in [4.69, 9.17) is 0 Å². The zero-order valence-corrected chi connectivity index (χ0v) is 19.7. The first kappa shape index (κ1) is 21.7. The van der Waals surface area contributed by atoms with Gasteiger partial charge in [0, 0.05) is 6.04 Å². The van der Waals surface area contributed by atoms with Crippen LogP contribution >= 0.6 is 0 Å². The topological polar surface area (TPSA) is 74.1 Å². The van der Waals surface area contributed by atoms with E-state index in [1.807, 2.05) is 30.3 Å². The van der Waals surface area contributed by atoms with Crippen LogP contribution in [0, 0.1) is 23.2 Å². The first-order chi connectivity index (χ1) is 16.5. The molecule has 7 rings (SSSR count). The van der Waals surface area contributed by atoms with E-state index in [-0.39, 0.29) is 24.3 Å². The maximum atomic E-state index is 13.3. The molecule has 4 bridgehead atoms. The number of nitrogens with zero attached hydrogens (tertiary/aromatic N) is 3. The van der Waals surface area contributed by atoms with E-state index in [1.165, 1.54) is 43.4 Å². The minimum atomic E-state index is -0.437. The Hall–Kier alpha value is -2.86. The number of hydrogen-bond acceptors (Lipinski definition) is 5. The Balaban J connectivity index is 1.13. The Morgan fingerprint density at radius 2 is 1.41 bits per heavy atom. The maximum Gasteiger partial charge on any atom is 0.251 e. The fraction of sp³-hybridized carbons (Fsp3) is 0.500. The minimum Gasteiger partial charge on any atom is -0.302 e. The number of carbonyl (C=O) groups excluding carboxylic acids is 2. The molecule has 0 unspecified atom stereocenters. The number of benzene rings is 2. The van der Waals surface area contributed by atoms with E-state index in [2.05, 4.69) is 22.5 Å². The van der Waals surface area contributed by atoms with Crippen LogP contribution in [0.4, 0.5) is 17.1 Å². The van der Waals surface area contributed by atoms with Crippen LogP contribution in [0.3, 0.4) is 0 Å². The van der Waals surface area contributed by atoms with E-state index in [9.17, 15) is 9.59 Å². The number of azo groups is 1. The third-order valence-electron chi connectivity index (χ3n) is 8.75. The second kappa shape index (κ2) is 8.42. The molecule has 5 fully saturated rings. The van der Waals surface area contributed by atoms with Gasteiger partial charge in [0.05, 0.1) is 29.5 Å². The average Bonchev–Trinajstić information content (AvgIpc) is 3.10. The third-order valence-corrected chi connectivity index (χ3v) is 8.75. The van der Waals surface area contributed by atoms with E-state index in [1.54, 1.807) is 24.3 Å². The molecule has 1 saturated heterocycles. The largest absolute Gasteiger partial charge is 0.302 e. The second-order valence-electron chi connectivity index (χ2n) is 11.0. The smallest absolute Gasteiger partial charge is 0.251 e. The van der Waals surface area contributed by atoms with Crippen LogP contribution in [-0.2, 0) is 9.59 Å². The molecule has 2 aromatic rings. The van der Waals surface area contributed by atoms with E-state index < -0.39 is 6.04 Å². The summed E-state index contributed by atoms with van der Waals surface area (Å²) >= 11 is 0.